The van der Waals surface area contributed by atoms with Crippen molar-refractivity contribution in [3.63, 3.8) is 0 Å². The van der Waals surface area contributed by atoms with E-state index in [0.717, 1.165) is 5.92 Å². The first-order chi connectivity index (χ1) is 10.9. The molecule has 1 atom stereocenters. The standard InChI is InChI=1S/C20H28NS/c1-21-22-16-15-19(18-12-6-3-7-13-18)20(22)14-8-11-17-9-4-2-5-10-17/h2,4-5,9-10,15-16,18,21H,3,6-8,11-14H2,1H3/q+1. The van der Waals surface area contributed by atoms with Crippen molar-refractivity contribution in [2.75, 3.05) is 11.8 Å². The van der Waals surface area contributed by atoms with Crippen LogP contribution in [0.1, 0.15) is 60.4 Å². The Bertz CT molecular complexity index is 567. The van der Waals surface area contributed by atoms with Gasteiger partial charge in [0.15, 0.2) is 10.3 Å². The van der Waals surface area contributed by atoms with Gasteiger partial charge in [-0.25, -0.2) is 0 Å². The fraction of sp³-hybridized carbons (Fsp3) is 0.500. The zero-order valence-corrected chi connectivity index (χ0v) is 14.5. The number of aryl methyl sites for hydroxylation is 1. The Labute approximate surface area is 137 Å². The molecular weight excluding hydrogens is 286 g/mol. The minimum Gasteiger partial charge on any atom is -0.121 e. The molecule has 118 valence electrons. The van der Waals surface area contributed by atoms with Gasteiger partial charge in [0.1, 0.15) is 0 Å². The first-order valence-corrected chi connectivity index (χ1v) is 10.0. The minimum absolute atomic E-state index is 0.187. The summed E-state index contributed by atoms with van der Waals surface area (Å²) in [5, 5.41) is 2.40. The molecule has 1 aromatic carbocycles. The first-order valence-electron chi connectivity index (χ1n) is 8.74. The predicted molar refractivity (Wildman–Crippen MR) is 98.5 cm³/mol. The summed E-state index contributed by atoms with van der Waals surface area (Å²) >= 11 is 0. The Balaban J connectivity index is 1.67. The van der Waals surface area contributed by atoms with Crippen LogP contribution in [0, 0.1) is 0 Å². The molecule has 0 saturated heterocycles. The fourth-order valence-electron chi connectivity index (χ4n) is 3.76. The lowest BCUT2D eigenvalue weighted by Gasteiger charge is -2.20. The van der Waals surface area contributed by atoms with Crippen LogP contribution in [-0.4, -0.2) is 7.05 Å². The lowest BCUT2D eigenvalue weighted by atomic mass is 9.84. The molecule has 1 aliphatic carbocycles. The van der Waals surface area contributed by atoms with Crippen molar-refractivity contribution in [2.24, 2.45) is 0 Å². The Morgan fingerprint density at radius 1 is 1.00 bits per heavy atom. The topological polar surface area (TPSA) is 12.0 Å². The summed E-state index contributed by atoms with van der Waals surface area (Å²) < 4.78 is 3.51. The normalized spacial score (nSPS) is 16.9. The van der Waals surface area contributed by atoms with Crippen molar-refractivity contribution in [1.82, 2.24) is 0 Å². The quantitative estimate of drug-likeness (QED) is 0.661. The maximum absolute atomic E-state index is 3.51. The second-order valence-corrected chi connectivity index (χ2v) is 8.25. The highest BCUT2D eigenvalue weighted by Gasteiger charge is 2.26. The van der Waals surface area contributed by atoms with Gasteiger partial charge < -0.3 is 0 Å². The van der Waals surface area contributed by atoms with Gasteiger partial charge in [0.25, 0.3) is 0 Å². The van der Waals surface area contributed by atoms with E-state index in [1.807, 2.05) is 0 Å². The lowest BCUT2D eigenvalue weighted by Crippen LogP contribution is -2.06. The molecule has 0 amide bonds. The second-order valence-electron chi connectivity index (χ2n) is 6.40. The summed E-state index contributed by atoms with van der Waals surface area (Å²) in [6.45, 7) is 0. The molecule has 1 fully saturated rings. The molecule has 0 aliphatic heterocycles. The van der Waals surface area contributed by atoms with Gasteiger partial charge in [-0.15, -0.1) is 4.72 Å². The van der Waals surface area contributed by atoms with E-state index < -0.39 is 0 Å². The van der Waals surface area contributed by atoms with Crippen LogP contribution in [0.2, 0.25) is 0 Å². The van der Waals surface area contributed by atoms with Crippen LogP contribution in [0.25, 0.3) is 0 Å². The van der Waals surface area contributed by atoms with E-state index in [1.54, 1.807) is 10.4 Å². The van der Waals surface area contributed by atoms with E-state index in [-0.39, 0.29) is 10.7 Å². The van der Waals surface area contributed by atoms with Crippen LogP contribution in [0.3, 0.4) is 0 Å². The highest BCUT2D eigenvalue weighted by atomic mass is 32.2. The summed E-state index contributed by atoms with van der Waals surface area (Å²) in [5.41, 5.74) is 3.16. The van der Waals surface area contributed by atoms with Crippen LogP contribution in [0.4, 0.5) is 0 Å². The fourth-order valence-corrected chi connectivity index (χ4v) is 5.45. The average molecular weight is 315 g/mol. The van der Waals surface area contributed by atoms with E-state index in [9.17, 15) is 0 Å². The predicted octanol–water partition coefficient (Wildman–Crippen LogP) is 5.83. The van der Waals surface area contributed by atoms with Gasteiger partial charge in [-0.3, -0.25) is 0 Å². The summed E-state index contributed by atoms with van der Waals surface area (Å²) in [4.78, 5) is 1.70. The molecule has 0 bridgehead atoms. The number of thiophene rings is 1. The molecule has 0 radical (unpaired) electrons. The van der Waals surface area contributed by atoms with E-state index >= 15 is 0 Å². The largest absolute Gasteiger partial charge is 0.175 e. The van der Waals surface area contributed by atoms with Crippen molar-refractivity contribution >= 4 is 10.7 Å². The monoisotopic (exact) mass is 314 g/mol. The Morgan fingerprint density at radius 3 is 2.50 bits per heavy atom. The third kappa shape index (κ3) is 3.80. The molecule has 0 spiro atoms. The van der Waals surface area contributed by atoms with Crippen LogP contribution in [0.15, 0.2) is 41.8 Å². The zero-order chi connectivity index (χ0) is 15.2. The Hall–Kier alpha value is -1.12. The molecule has 22 heavy (non-hydrogen) atoms. The summed E-state index contributed by atoms with van der Waals surface area (Å²) in [7, 11) is 2.29. The molecule has 1 saturated carbocycles. The van der Waals surface area contributed by atoms with E-state index in [0.29, 0.717) is 0 Å². The third-order valence-corrected chi connectivity index (χ3v) is 6.77. The van der Waals surface area contributed by atoms with E-state index in [2.05, 4.69) is 53.5 Å². The molecule has 1 N–H and O–H groups in total. The average Bonchev–Trinajstić information content (AvgIpc) is 2.99. The maximum Gasteiger partial charge on any atom is 0.175 e. The molecule has 1 heterocycles. The third-order valence-electron chi connectivity index (χ3n) is 4.95. The number of hydrogen-bond acceptors (Lipinski definition) is 1. The highest BCUT2D eigenvalue weighted by Crippen LogP contribution is 2.39. The SMILES string of the molecule is CN[s+]1ccc(C2CCCCC2)c1CCCc1ccccc1. The van der Waals surface area contributed by atoms with Gasteiger partial charge >= 0.3 is 0 Å². The van der Waals surface area contributed by atoms with Gasteiger partial charge in [-0.05, 0) is 37.2 Å². The number of benzene rings is 1. The van der Waals surface area contributed by atoms with Gasteiger partial charge in [0.2, 0.25) is 0 Å². The molecule has 2 aromatic rings. The van der Waals surface area contributed by atoms with Crippen molar-refractivity contribution in [1.29, 1.82) is 0 Å². The van der Waals surface area contributed by atoms with Crippen LogP contribution >= 0.6 is 10.7 Å². The molecule has 1 aliphatic rings. The van der Waals surface area contributed by atoms with Crippen LogP contribution in [0.5, 0.6) is 0 Å². The second kappa shape index (κ2) is 7.94. The smallest absolute Gasteiger partial charge is 0.121 e. The molecule has 3 rings (SSSR count). The summed E-state index contributed by atoms with van der Waals surface area (Å²) in [6, 6.07) is 13.3. The number of nitrogens with one attached hydrogen (secondary N) is 1. The van der Waals surface area contributed by atoms with Crippen molar-refractivity contribution in [3.05, 3.63) is 57.8 Å². The number of rotatable bonds is 6. The van der Waals surface area contributed by atoms with Crippen LogP contribution < -0.4 is 4.72 Å². The van der Waals surface area contributed by atoms with Crippen molar-refractivity contribution in [2.45, 2.75) is 57.3 Å². The van der Waals surface area contributed by atoms with Gasteiger partial charge in [0, 0.05) is 25.1 Å². The van der Waals surface area contributed by atoms with Gasteiger partial charge in [-0.1, -0.05) is 49.6 Å². The molecule has 1 aromatic heterocycles. The maximum atomic E-state index is 3.51. The lowest BCUT2D eigenvalue weighted by molar-refractivity contribution is 0.442. The molecule has 2 heteroatoms. The van der Waals surface area contributed by atoms with Crippen molar-refractivity contribution in [3.8, 4) is 0 Å². The first kappa shape index (κ1) is 15.8. The molecular formula is C20H28NS+. The zero-order valence-electron chi connectivity index (χ0n) is 13.7. The van der Waals surface area contributed by atoms with Gasteiger partial charge in [0.05, 0.1) is 10.7 Å². The number of hydrogen-bond donors (Lipinski definition) is 1. The minimum atomic E-state index is 0.187. The van der Waals surface area contributed by atoms with Crippen LogP contribution in [-0.2, 0) is 12.8 Å². The summed E-state index contributed by atoms with van der Waals surface area (Å²) in [5.74, 6) is 0.836. The Morgan fingerprint density at radius 2 is 1.77 bits per heavy atom. The highest BCUT2D eigenvalue weighted by molar-refractivity contribution is 7.31. The summed E-state index contributed by atoms with van der Waals surface area (Å²) in [6.07, 6.45) is 10.8. The Kier molecular flexibility index (Phi) is 5.69. The van der Waals surface area contributed by atoms with Gasteiger partial charge in [-0.2, -0.15) is 0 Å². The van der Waals surface area contributed by atoms with Crippen molar-refractivity contribution < 1.29 is 0 Å². The van der Waals surface area contributed by atoms with E-state index in [4.69, 9.17) is 0 Å². The molecule has 1 nitrogen and oxygen atoms in total. The van der Waals surface area contributed by atoms with E-state index in [1.165, 1.54) is 56.9 Å². The molecule has 1 unspecified atom stereocenters.